The second kappa shape index (κ2) is 20.2. The molecule has 1 fully saturated rings. The van der Waals surface area contributed by atoms with Gasteiger partial charge in [-0.25, -0.2) is 9.50 Å². The molecule has 0 spiro atoms. The lowest BCUT2D eigenvalue weighted by Crippen LogP contribution is -2.31. The van der Waals surface area contributed by atoms with Gasteiger partial charge in [0.2, 0.25) is 0 Å². The molecule has 3 N–H and O–H groups in total. The second-order valence-electron chi connectivity index (χ2n) is 11.4. The summed E-state index contributed by atoms with van der Waals surface area (Å²) >= 11 is 0. The van der Waals surface area contributed by atoms with Crippen LogP contribution in [0.5, 0.6) is 0 Å². The topological polar surface area (TPSA) is 137 Å². The minimum atomic E-state index is -2.10. The summed E-state index contributed by atoms with van der Waals surface area (Å²) in [5, 5.41) is 14.1. The zero-order valence-electron chi connectivity index (χ0n) is 25.6. The van der Waals surface area contributed by atoms with Gasteiger partial charge in [0.05, 0.1) is 18.9 Å². The number of nitrogens with two attached hydrogens (primary N) is 1. The van der Waals surface area contributed by atoms with Gasteiger partial charge in [0.15, 0.2) is 11.4 Å². The fourth-order valence-electron chi connectivity index (χ4n) is 5.40. The normalized spacial score (nSPS) is 19.4. The maximum atomic E-state index is 10.2. The molecule has 0 amide bonds. The van der Waals surface area contributed by atoms with Crippen molar-refractivity contribution < 1.29 is 23.4 Å². The fourth-order valence-corrected chi connectivity index (χ4v) is 6.08. The summed E-state index contributed by atoms with van der Waals surface area (Å²) in [6.07, 6.45) is 21.7. The summed E-state index contributed by atoms with van der Waals surface area (Å²) in [4.78, 5) is 14.2. The zero-order chi connectivity index (χ0) is 29.9. The third-order valence-corrected chi connectivity index (χ3v) is 8.66. The first kappa shape index (κ1) is 34.6. The number of anilines is 1. The van der Waals surface area contributed by atoms with E-state index in [1.807, 2.05) is 12.1 Å². The third kappa shape index (κ3) is 12.0. The van der Waals surface area contributed by atoms with Crippen LogP contribution in [-0.4, -0.2) is 51.5 Å². The monoisotopic (exact) mass is 605 g/mol. The molecule has 0 aromatic carbocycles. The molecule has 3 unspecified atom stereocenters. The van der Waals surface area contributed by atoms with Crippen LogP contribution in [0.3, 0.4) is 0 Å². The molecule has 2 aromatic heterocycles. The van der Waals surface area contributed by atoms with Crippen molar-refractivity contribution in [2.24, 2.45) is 0 Å². The number of nitrogen functional groups attached to an aromatic ring is 1. The first-order chi connectivity index (χ1) is 20.6. The van der Waals surface area contributed by atoms with Gasteiger partial charge in [-0.05, 0) is 37.8 Å². The molecule has 42 heavy (non-hydrogen) atoms. The standard InChI is InChI=1S/C31H52N5O5P/c1-2-3-4-5-6-7-8-9-10-11-12-13-14-15-21-38-22-16-23-39-42(37)40-25-31(24-32)20-19-29(41-31)27-17-18-28-30(33)34-26-35-36(27)28/h17-18,26,29,37H,2-16,19-23,25H2,1H3,(H2,33,34,35). The van der Waals surface area contributed by atoms with Gasteiger partial charge >= 0.3 is 8.60 Å². The number of ether oxygens (including phenoxy) is 2. The number of nitriles is 1. The highest BCUT2D eigenvalue weighted by Gasteiger charge is 2.43. The SMILES string of the molecule is CCCCCCCCCCCCCCCCOCCCOP(O)OCC1(C#N)CCC(c2ccc3c(N)ncnn23)O1. The van der Waals surface area contributed by atoms with E-state index in [1.54, 1.807) is 4.52 Å². The van der Waals surface area contributed by atoms with Crippen molar-refractivity contribution >= 4 is 19.9 Å². The van der Waals surface area contributed by atoms with E-state index in [0.717, 1.165) is 18.7 Å². The van der Waals surface area contributed by atoms with Crippen LogP contribution in [0.25, 0.3) is 5.52 Å². The molecule has 0 aliphatic carbocycles. The minimum absolute atomic E-state index is 0.0712. The largest absolute Gasteiger partial charge is 0.382 e. The van der Waals surface area contributed by atoms with Crippen molar-refractivity contribution in [3.8, 4) is 6.07 Å². The first-order valence-corrected chi connectivity index (χ1v) is 17.2. The lowest BCUT2D eigenvalue weighted by atomic mass is 10.0. The lowest BCUT2D eigenvalue weighted by Gasteiger charge is -2.22. The summed E-state index contributed by atoms with van der Waals surface area (Å²) in [6.45, 7) is 3.89. The average molecular weight is 606 g/mol. The van der Waals surface area contributed by atoms with Gasteiger partial charge < -0.3 is 29.1 Å². The third-order valence-electron chi connectivity index (χ3n) is 7.91. The van der Waals surface area contributed by atoms with Crippen LogP contribution >= 0.6 is 8.60 Å². The number of unbranched alkanes of at least 4 members (excludes halogenated alkanes) is 13. The molecule has 2 aromatic rings. The summed E-state index contributed by atoms with van der Waals surface area (Å²) in [7, 11) is -2.10. The van der Waals surface area contributed by atoms with Crippen molar-refractivity contribution in [1.82, 2.24) is 14.6 Å². The molecule has 3 atom stereocenters. The Morgan fingerprint density at radius 3 is 2.29 bits per heavy atom. The maximum absolute atomic E-state index is 10.2. The van der Waals surface area contributed by atoms with Crippen LogP contribution < -0.4 is 5.73 Å². The van der Waals surface area contributed by atoms with E-state index in [0.29, 0.717) is 43.8 Å². The van der Waals surface area contributed by atoms with Crippen LogP contribution in [0.1, 0.15) is 128 Å². The molecular formula is C31H52N5O5P. The Bertz CT molecular complexity index is 1050. The Labute approximate surface area is 253 Å². The second-order valence-corrected chi connectivity index (χ2v) is 12.4. The maximum Gasteiger partial charge on any atom is 0.329 e. The van der Waals surface area contributed by atoms with E-state index in [9.17, 15) is 10.2 Å². The molecule has 10 nitrogen and oxygen atoms in total. The van der Waals surface area contributed by atoms with Crippen molar-refractivity contribution in [1.29, 1.82) is 5.26 Å². The quantitative estimate of drug-likeness (QED) is 0.0916. The number of hydrogen-bond acceptors (Lipinski definition) is 9. The van der Waals surface area contributed by atoms with E-state index in [-0.39, 0.29) is 12.7 Å². The van der Waals surface area contributed by atoms with Crippen molar-refractivity contribution in [2.75, 3.05) is 32.2 Å². The Morgan fingerprint density at radius 2 is 1.62 bits per heavy atom. The van der Waals surface area contributed by atoms with Gasteiger partial charge in [0.25, 0.3) is 0 Å². The first-order valence-electron chi connectivity index (χ1n) is 16.1. The van der Waals surface area contributed by atoms with E-state index < -0.39 is 14.2 Å². The van der Waals surface area contributed by atoms with Gasteiger partial charge in [-0.2, -0.15) is 10.4 Å². The Morgan fingerprint density at radius 1 is 0.976 bits per heavy atom. The molecule has 1 saturated heterocycles. The molecule has 0 radical (unpaired) electrons. The highest BCUT2D eigenvalue weighted by atomic mass is 31.2. The van der Waals surface area contributed by atoms with E-state index >= 15 is 0 Å². The van der Waals surface area contributed by atoms with Crippen LogP contribution in [-0.2, 0) is 18.5 Å². The van der Waals surface area contributed by atoms with Gasteiger partial charge in [-0.3, -0.25) is 0 Å². The molecule has 3 heterocycles. The van der Waals surface area contributed by atoms with Gasteiger partial charge in [0.1, 0.15) is 24.0 Å². The average Bonchev–Trinajstić information content (AvgIpc) is 3.63. The summed E-state index contributed by atoms with van der Waals surface area (Å²) < 4.78 is 24.4. The highest BCUT2D eigenvalue weighted by Crippen LogP contribution is 2.43. The molecule has 1 aliphatic heterocycles. The zero-order valence-corrected chi connectivity index (χ0v) is 26.4. The van der Waals surface area contributed by atoms with Crippen LogP contribution in [0.4, 0.5) is 5.82 Å². The van der Waals surface area contributed by atoms with Gasteiger partial charge in [-0.1, -0.05) is 90.4 Å². The van der Waals surface area contributed by atoms with E-state index in [1.165, 1.54) is 89.8 Å². The van der Waals surface area contributed by atoms with Gasteiger partial charge in [-0.15, -0.1) is 0 Å². The number of aromatic nitrogens is 3. The molecule has 236 valence electrons. The molecule has 0 bridgehead atoms. The van der Waals surface area contributed by atoms with E-state index in [4.69, 9.17) is 24.3 Å². The van der Waals surface area contributed by atoms with Crippen molar-refractivity contribution in [2.45, 2.75) is 128 Å². The Balaban J connectivity index is 1.14. The lowest BCUT2D eigenvalue weighted by molar-refractivity contribution is -0.0359. The number of fused-ring (bicyclic) bond motifs is 1. The molecule has 0 saturated carbocycles. The van der Waals surface area contributed by atoms with Crippen molar-refractivity contribution in [3.63, 3.8) is 0 Å². The Kier molecular flexibility index (Phi) is 16.6. The minimum Gasteiger partial charge on any atom is -0.382 e. The Hall–Kier alpha value is -1.86. The molecular weight excluding hydrogens is 553 g/mol. The number of hydrogen-bond donors (Lipinski definition) is 2. The summed E-state index contributed by atoms with van der Waals surface area (Å²) in [5.41, 5.74) is 6.26. The predicted octanol–water partition coefficient (Wildman–Crippen LogP) is 7.57. The van der Waals surface area contributed by atoms with Crippen LogP contribution in [0.15, 0.2) is 18.5 Å². The van der Waals surface area contributed by atoms with E-state index in [2.05, 4.69) is 23.1 Å². The van der Waals surface area contributed by atoms with Gasteiger partial charge in [0, 0.05) is 13.2 Å². The van der Waals surface area contributed by atoms with Crippen LogP contribution in [0.2, 0.25) is 0 Å². The molecule has 1 aliphatic rings. The van der Waals surface area contributed by atoms with Crippen molar-refractivity contribution in [3.05, 3.63) is 24.2 Å². The number of nitrogens with zero attached hydrogens (tertiary/aromatic N) is 4. The summed E-state index contributed by atoms with van der Waals surface area (Å²) in [5.74, 6) is 0.382. The smallest absolute Gasteiger partial charge is 0.329 e. The molecule has 11 heteroatoms. The summed E-state index contributed by atoms with van der Waals surface area (Å²) in [6, 6.07) is 5.94. The molecule has 3 rings (SSSR count). The number of rotatable bonds is 24. The highest BCUT2D eigenvalue weighted by molar-refractivity contribution is 7.40. The predicted molar refractivity (Wildman–Crippen MR) is 166 cm³/mol. The van der Waals surface area contributed by atoms with Crippen LogP contribution in [0, 0.1) is 11.3 Å². The fraction of sp³-hybridized carbons (Fsp3) is 0.774.